The first-order chi connectivity index (χ1) is 18.3. The topological polar surface area (TPSA) is 26.3 Å². The van der Waals surface area contributed by atoms with Crippen LogP contribution < -0.4 is 20.7 Å². The van der Waals surface area contributed by atoms with Crippen molar-refractivity contribution in [1.82, 2.24) is 0 Å². The summed E-state index contributed by atoms with van der Waals surface area (Å²) in [6.07, 6.45) is 0. The van der Waals surface area contributed by atoms with E-state index in [4.69, 9.17) is 8.83 Å². The van der Waals surface area contributed by atoms with E-state index in [0.717, 1.165) is 22.3 Å². The maximum absolute atomic E-state index is 6.14. The lowest BCUT2D eigenvalue weighted by molar-refractivity contribution is 0.668. The second-order valence-electron chi connectivity index (χ2n) is 11.4. The molecule has 0 saturated carbocycles. The van der Waals surface area contributed by atoms with Crippen LogP contribution in [-0.4, -0.2) is 16.1 Å². The van der Waals surface area contributed by atoms with Crippen molar-refractivity contribution in [3.8, 4) is 0 Å². The molecule has 0 unspecified atom stereocenters. The van der Waals surface area contributed by atoms with Gasteiger partial charge in [0.2, 0.25) is 0 Å². The summed E-state index contributed by atoms with van der Waals surface area (Å²) in [5.41, 5.74) is 3.83. The van der Waals surface area contributed by atoms with E-state index in [2.05, 4.69) is 123 Å². The Hall–Kier alpha value is -3.87. The van der Waals surface area contributed by atoms with E-state index in [1.54, 1.807) is 0 Å². The van der Waals surface area contributed by atoms with E-state index in [1.165, 1.54) is 42.3 Å². The first kappa shape index (κ1) is 23.3. The molecule has 186 valence electrons. The number of para-hydroxylation sites is 2. The van der Waals surface area contributed by atoms with Gasteiger partial charge < -0.3 is 8.83 Å². The molecule has 0 amide bonds. The molecule has 0 spiro atoms. The summed E-state index contributed by atoms with van der Waals surface area (Å²) in [6, 6.07) is 39.6. The van der Waals surface area contributed by atoms with Gasteiger partial charge in [-0.2, -0.15) is 0 Å². The Kier molecular flexibility index (Phi) is 5.09. The Morgan fingerprint density at radius 2 is 0.763 bits per heavy atom. The fraction of sp³-hybridized carbons (Fsp3) is 0.118. The van der Waals surface area contributed by atoms with Crippen LogP contribution in [0.25, 0.3) is 43.9 Å². The van der Waals surface area contributed by atoms with Gasteiger partial charge in [-0.25, -0.2) is 0 Å². The monoisotopic (exact) mass is 526 g/mol. The number of fused-ring (bicyclic) bond motifs is 6. The number of benzene rings is 5. The van der Waals surface area contributed by atoms with E-state index in [0.29, 0.717) is 0 Å². The van der Waals surface area contributed by atoms with Gasteiger partial charge in [0, 0.05) is 21.5 Å². The first-order valence-corrected chi connectivity index (χ1v) is 19.3. The molecular weight excluding hydrogens is 497 g/mol. The van der Waals surface area contributed by atoms with E-state index < -0.39 is 16.1 Å². The van der Waals surface area contributed by atoms with Crippen LogP contribution in [0.2, 0.25) is 26.2 Å². The fourth-order valence-corrected chi connectivity index (χ4v) is 13.2. The van der Waals surface area contributed by atoms with Crippen molar-refractivity contribution in [2.24, 2.45) is 0 Å². The molecule has 0 radical (unpaired) electrons. The maximum Gasteiger partial charge on any atom is 0.135 e. The molecule has 0 N–H and O–H groups in total. The summed E-state index contributed by atoms with van der Waals surface area (Å²) in [5.74, 6) is 0. The lowest BCUT2D eigenvalue weighted by Gasteiger charge is -2.33. The van der Waals surface area contributed by atoms with Gasteiger partial charge in [0.15, 0.2) is 0 Å². The van der Waals surface area contributed by atoms with E-state index >= 15 is 0 Å². The second-order valence-corrected chi connectivity index (χ2v) is 20.1. The third-order valence-corrected chi connectivity index (χ3v) is 15.8. The Morgan fingerprint density at radius 1 is 0.395 bits per heavy atom. The Labute approximate surface area is 224 Å². The van der Waals surface area contributed by atoms with Gasteiger partial charge >= 0.3 is 0 Å². The molecule has 0 fully saturated rings. The largest absolute Gasteiger partial charge is 0.456 e. The van der Waals surface area contributed by atoms with Crippen LogP contribution in [0, 0.1) is 0 Å². The maximum atomic E-state index is 6.14. The summed E-state index contributed by atoms with van der Waals surface area (Å²) < 4.78 is 12.3. The number of rotatable bonds is 4. The average Bonchev–Trinajstić information content (AvgIpc) is 3.50. The predicted octanol–water partition coefficient (Wildman–Crippen LogP) is 7.13. The highest BCUT2D eigenvalue weighted by molar-refractivity contribution is 7.09. The minimum Gasteiger partial charge on any atom is -0.456 e. The zero-order valence-corrected chi connectivity index (χ0v) is 24.2. The molecule has 7 rings (SSSR count). The Bertz CT molecular complexity index is 1850. The standard InChI is InChI=1S/C34H30O2Si2/c1-37(2,23-17-19-31-27(21-23)25-11-5-7-13-29(25)35-31)33-15-9-10-16-34(33)38(3,4)24-18-20-32-28(22-24)26-12-6-8-14-30(26)36-32/h5-22H,1-4H3. The van der Waals surface area contributed by atoms with Gasteiger partial charge in [-0.15, -0.1) is 0 Å². The highest BCUT2D eigenvalue weighted by Gasteiger charge is 2.36. The molecule has 0 atom stereocenters. The number of furan rings is 2. The third kappa shape index (κ3) is 3.44. The van der Waals surface area contributed by atoms with Crippen LogP contribution >= 0.6 is 0 Å². The molecule has 0 saturated heterocycles. The number of hydrogen-bond acceptors (Lipinski definition) is 2. The molecule has 0 bridgehead atoms. The third-order valence-electron chi connectivity index (χ3n) is 8.47. The van der Waals surface area contributed by atoms with Crippen molar-refractivity contribution < 1.29 is 8.83 Å². The predicted molar refractivity (Wildman–Crippen MR) is 167 cm³/mol. The van der Waals surface area contributed by atoms with Crippen molar-refractivity contribution in [1.29, 1.82) is 0 Å². The van der Waals surface area contributed by atoms with Crippen molar-refractivity contribution in [3.63, 3.8) is 0 Å². The summed E-state index contributed by atoms with van der Waals surface area (Å²) >= 11 is 0. The SMILES string of the molecule is C[Si](C)(c1ccc2oc3ccccc3c2c1)c1ccccc1[Si](C)(C)c1ccc2oc3ccccc3c2c1. The highest BCUT2D eigenvalue weighted by Crippen LogP contribution is 2.29. The van der Waals surface area contributed by atoms with Crippen LogP contribution in [-0.2, 0) is 0 Å². The normalized spacial score (nSPS) is 12.7. The minimum absolute atomic E-state index is 0.954. The molecule has 0 aliphatic carbocycles. The second kappa shape index (κ2) is 8.32. The molecular formula is C34H30O2Si2. The van der Waals surface area contributed by atoms with Crippen molar-refractivity contribution in [3.05, 3.63) is 109 Å². The highest BCUT2D eigenvalue weighted by atomic mass is 28.3. The van der Waals surface area contributed by atoms with Crippen LogP contribution in [0.1, 0.15) is 0 Å². The van der Waals surface area contributed by atoms with Crippen LogP contribution in [0.5, 0.6) is 0 Å². The van der Waals surface area contributed by atoms with Gasteiger partial charge in [-0.1, -0.05) is 132 Å². The van der Waals surface area contributed by atoms with E-state index in [1.807, 2.05) is 12.1 Å². The molecule has 38 heavy (non-hydrogen) atoms. The van der Waals surface area contributed by atoms with E-state index in [9.17, 15) is 0 Å². The van der Waals surface area contributed by atoms with Gasteiger partial charge in [0.25, 0.3) is 0 Å². The Balaban J connectivity index is 1.37. The van der Waals surface area contributed by atoms with Gasteiger partial charge in [-0.3, -0.25) is 0 Å². The molecule has 5 aromatic carbocycles. The minimum atomic E-state index is -2.03. The summed E-state index contributed by atoms with van der Waals surface area (Å²) in [5, 5.41) is 10.7. The number of hydrogen-bond donors (Lipinski definition) is 0. The Morgan fingerprint density at radius 3 is 1.21 bits per heavy atom. The van der Waals surface area contributed by atoms with Gasteiger partial charge in [0.1, 0.15) is 38.5 Å². The summed E-state index contributed by atoms with van der Waals surface area (Å²) in [6.45, 7) is 9.97. The quantitative estimate of drug-likeness (QED) is 0.228. The van der Waals surface area contributed by atoms with Crippen LogP contribution in [0.4, 0.5) is 0 Å². The van der Waals surface area contributed by atoms with Crippen molar-refractivity contribution in [2.45, 2.75) is 26.2 Å². The van der Waals surface area contributed by atoms with E-state index in [-0.39, 0.29) is 0 Å². The average molecular weight is 527 g/mol. The summed E-state index contributed by atoms with van der Waals surface area (Å²) in [7, 11) is -4.06. The van der Waals surface area contributed by atoms with Crippen LogP contribution in [0.3, 0.4) is 0 Å². The molecule has 2 nitrogen and oxygen atoms in total. The summed E-state index contributed by atoms with van der Waals surface area (Å²) in [4.78, 5) is 0. The lowest BCUT2D eigenvalue weighted by atomic mass is 10.1. The van der Waals surface area contributed by atoms with Crippen LogP contribution in [0.15, 0.2) is 118 Å². The molecule has 2 heterocycles. The van der Waals surface area contributed by atoms with Crippen molar-refractivity contribution in [2.75, 3.05) is 0 Å². The molecule has 4 heteroatoms. The van der Waals surface area contributed by atoms with Crippen molar-refractivity contribution >= 4 is 80.8 Å². The fourth-order valence-electron chi connectivity index (χ4n) is 6.11. The molecule has 2 aromatic heterocycles. The van der Waals surface area contributed by atoms with Gasteiger partial charge in [0.05, 0.1) is 0 Å². The first-order valence-electron chi connectivity index (χ1n) is 13.3. The lowest BCUT2D eigenvalue weighted by Crippen LogP contribution is -2.66. The van der Waals surface area contributed by atoms with Gasteiger partial charge in [-0.05, 0) is 24.3 Å². The zero-order valence-electron chi connectivity index (χ0n) is 22.2. The smallest absolute Gasteiger partial charge is 0.135 e. The zero-order chi connectivity index (χ0) is 26.1. The molecule has 7 aromatic rings. The molecule has 0 aliphatic rings. The molecule has 0 aliphatic heterocycles.